The average molecular weight is 129 g/mol. The largest absolute Gasteiger partial charge is 0.376 e. The molecule has 1 aliphatic carbocycles. The van der Waals surface area contributed by atoms with Gasteiger partial charge in [-0.1, -0.05) is 20.8 Å². The number of hydrogen-bond acceptors (Lipinski definition) is 2. The van der Waals surface area contributed by atoms with E-state index in [-0.39, 0.29) is 11.3 Å². The molecule has 0 spiro atoms. The topological polar surface area (TPSA) is 46.2 Å². The lowest BCUT2D eigenvalue weighted by molar-refractivity contribution is -0.167. The molecule has 0 radical (unpaired) electrons. The van der Waals surface area contributed by atoms with Crippen molar-refractivity contribution in [2.24, 2.45) is 17.1 Å². The van der Waals surface area contributed by atoms with Crippen molar-refractivity contribution in [2.75, 3.05) is 0 Å². The molecule has 0 bridgehead atoms. The van der Waals surface area contributed by atoms with Crippen molar-refractivity contribution < 1.29 is 5.11 Å². The maximum Gasteiger partial charge on any atom is 0.117 e. The van der Waals surface area contributed by atoms with E-state index in [0.29, 0.717) is 0 Å². The van der Waals surface area contributed by atoms with Crippen LogP contribution in [0, 0.1) is 11.3 Å². The quantitative estimate of drug-likeness (QED) is 0.473. The minimum absolute atomic E-state index is 0.227. The van der Waals surface area contributed by atoms with Gasteiger partial charge in [0.15, 0.2) is 0 Å². The Morgan fingerprint density at radius 3 is 2.00 bits per heavy atom. The molecular formula is C7H15NO. The Morgan fingerprint density at radius 2 is 2.00 bits per heavy atom. The SMILES string of the molecule is C[C@H]1C(C)(C)C[C@@]1(N)O. The summed E-state index contributed by atoms with van der Waals surface area (Å²) < 4.78 is 0. The van der Waals surface area contributed by atoms with Gasteiger partial charge in [-0.25, -0.2) is 0 Å². The molecule has 2 atom stereocenters. The van der Waals surface area contributed by atoms with Crippen LogP contribution in [0.25, 0.3) is 0 Å². The van der Waals surface area contributed by atoms with Gasteiger partial charge in [-0.05, 0) is 11.8 Å². The molecule has 0 aromatic rings. The van der Waals surface area contributed by atoms with Crippen molar-refractivity contribution in [3.63, 3.8) is 0 Å². The number of rotatable bonds is 0. The molecule has 2 heteroatoms. The van der Waals surface area contributed by atoms with E-state index in [9.17, 15) is 5.11 Å². The van der Waals surface area contributed by atoms with E-state index in [1.807, 2.05) is 6.92 Å². The Hall–Kier alpha value is -0.0800. The summed E-state index contributed by atoms with van der Waals surface area (Å²) in [6, 6.07) is 0. The summed E-state index contributed by atoms with van der Waals surface area (Å²) >= 11 is 0. The Morgan fingerprint density at radius 1 is 1.56 bits per heavy atom. The zero-order valence-corrected chi connectivity index (χ0v) is 6.31. The summed E-state index contributed by atoms with van der Waals surface area (Å²) in [7, 11) is 0. The second-order valence-corrected chi connectivity index (χ2v) is 3.88. The molecule has 9 heavy (non-hydrogen) atoms. The van der Waals surface area contributed by atoms with E-state index in [0.717, 1.165) is 6.42 Å². The first-order valence-corrected chi connectivity index (χ1v) is 3.37. The molecular weight excluding hydrogens is 114 g/mol. The fourth-order valence-electron chi connectivity index (χ4n) is 1.58. The highest BCUT2D eigenvalue weighted by atomic mass is 16.3. The third-order valence-electron chi connectivity index (χ3n) is 2.66. The van der Waals surface area contributed by atoms with Gasteiger partial charge < -0.3 is 10.8 Å². The molecule has 1 saturated carbocycles. The van der Waals surface area contributed by atoms with Gasteiger partial charge in [-0.2, -0.15) is 0 Å². The Labute approximate surface area is 56.1 Å². The van der Waals surface area contributed by atoms with Crippen molar-refractivity contribution >= 4 is 0 Å². The van der Waals surface area contributed by atoms with Gasteiger partial charge in [0.2, 0.25) is 0 Å². The van der Waals surface area contributed by atoms with Gasteiger partial charge in [0.1, 0.15) is 5.72 Å². The molecule has 54 valence electrons. The predicted octanol–water partition coefficient (Wildman–Crippen LogP) is 0.700. The lowest BCUT2D eigenvalue weighted by Gasteiger charge is -2.54. The summed E-state index contributed by atoms with van der Waals surface area (Å²) in [4.78, 5) is 0. The van der Waals surface area contributed by atoms with Crippen LogP contribution in [0.3, 0.4) is 0 Å². The molecule has 2 nitrogen and oxygen atoms in total. The maximum absolute atomic E-state index is 9.30. The molecule has 3 N–H and O–H groups in total. The van der Waals surface area contributed by atoms with E-state index in [4.69, 9.17) is 5.73 Å². The average Bonchev–Trinajstić information content (AvgIpc) is 1.63. The van der Waals surface area contributed by atoms with Gasteiger partial charge in [0.25, 0.3) is 0 Å². The Kier molecular flexibility index (Phi) is 1.17. The van der Waals surface area contributed by atoms with Crippen LogP contribution in [0.5, 0.6) is 0 Å². The second kappa shape index (κ2) is 1.50. The van der Waals surface area contributed by atoms with Crippen LogP contribution in [-0.4, -0.2) is 10.8 Å². The Balaban J connectivity index is 2.62. The van der Waals surface area contributed by atoms with E-state index in [2.05, 4.69) is 13.8 Å². The van der Waals surface area contributed by atoms with Gasteiger partial charge in [0.05, 0.1) is 0 Å². The maximum atomic E-state index is 9.30. The smallest absolute Gasteiger partial charge is 0.117 e. The van der Waals surface area contributed by atoms with Crippen molar-refractivity contribution in [3.8, 4) is 0 Å². The minimum Gasteiger partial charge on any atom is -0.376 e. The molecule has 1 fully saturated rings. The van der Waals surface area contributed by atoms with E-state index in [1.54, 1.807) is 0 Å². The molecule has 0 aliphatic heterocycles. The summed E-state index contributed by atoms with van der Waals surface area (Å²) in [6.07, 6.45) is 0.723. The molecule has 0 amide bonds. The van der Waals surface area contributed by atoms with Gasteiger partial charge in [-0.3, -0.25) is 0 Å². The predicted molar refractivity (Wildman–Crippen MR) is 36.7 cm³/mol. The van der Waals surface area contributed by atoms with Gasteiger partial charge >= 0.3 is 0 Å². The third kappa shape index (κ3) is 0.864. The molecule has 0 saturated heterocycles. The van der Waals surface area contributed by atoms with Crippen LogP contribution in [-0.2, 0) is 0 Å². The highest BCUT2D eigenvalue weighted by Gasteiger charge is 2.52. The van der Waals surface area contributed by atoms with Crippen LogP contribution in [0.15, 0.2) is 0 Å². The lowest BCUT2D eigenvalue weighted by Crippen LogP contribution is -2.63. The van der Waals surface area contributed by atoms with Gasteiger partial charge in [-0.15, -0.1) is 0 Å². The normalized spacial score (nSPS) is 48.3. The fraction of sp³-hybridized carbons (Fsp3) is 1.00. The van der Waals surface area contributed by atoms with Crippen molar-refractivity contribution in [2.45, 2.75) is 32.9 Å². The molecule has 0 unspecified atom stereocenters. The summed E-state index contributed by atoms with van der Waals surface area (Å²) in [5.41, 5.74) is 4.85. The van der Waals surface area contributed by atoms with Crippen molar-refractivity contribution in [1.29, 1.82) is 0 Å². The first kappa shape index (κ1) is 7.03. The summed E-state index contributed by atoms with van der Waals surface area (Å²) in [5.74, 6) is 0.227. The van der Waals surface area contributed by atoms with Crippen LogP contribution >= 0.6 is 0 Å². The molecule has 0 aromatic heterocycles. The Bertz CT molecular complexity index is 115. The van der Waals surface area contributed by atoms with E-state index < -0.39 is 5.72 Å². The molecule has 1 rings (SSSR count). The second-order valence-electron chi connectivity index (χ2n) is 3.88. The minimum atomic E-state index is -0.885. The molecule has 0 heterocycles. The van der Waals surface area contributed by atoms with Crippen LogP contribution in [0.1, 0.15) is 27.2 Å². The number of aliphatic hydroxyl groups is 1. The van der Waals surface area contributed by atoms with Gasteiger partial charge in [0, 0.05) is 5.92 Å². The highest BCUT2D eigenvalue weighted by Crippen LogP contribution is 2.49. The van der Waals surface area contributed by atoms with Crippen molar-refractivity contribution in [1.82, 2.24) is 0 Å². The fourth-order valence-corrected chi connectivity index (χ4v) is 1.58. The third-order valence-corrected chi connectivity index (χ3v) is 2.66. The van der Waals surface area contributed by atoms with Crippen molar-refractivity contribution in [3.05, 3.63) is 0 Å². The van der Waals surface area contributed by atoms with Crippen LogP contribution < -0.4 is 5.73 Å². The lowest BCUT2D eigenvalue weighted by atomic mass is 9.58. The summed E-state index contributed by atoms with van der Waals surface area (Å²) in [5, 5.41) is 9.30. The number of nitrogens with two attached hydrogens (primary N) is 1. The van der Waals surface area contributed by atoms with E-state index >= 15 is 0 Å². The van der Waals surface area contributed by atoms with Crippen LogP contribution in [0.4, 0.5) is 0 Å². The number of hydrogen-bond donors (Lipinski definition) is 2. The first-order chi connectivity index (χ1) is 3.86. The molecule has 1 aliphatic rings. The standard InChI is InChI=1S/C7H15NO/c1-5-6(2,3)4-7(5,8)9/h5,9H,4,8H2,1-3H3/t5-,7+/m0/s1. The summed E-state index contributed by atoms with van der Waals surface area (Å²) in [6.45, 7) is 6.24. The monoisotopic (exact) mass is 129 g/mol. The highest BCUT2D eigenvalue weighted by molar-refractivity contribution is 5.01. The zero-order chi connectivity index (χ0) is 7.28. The molecule has 0 aromatic carbocycles. The van der Waals surface area contributed by atoms with Crippen LogP contribution in [0.2, 0.25) is 0 Å². The zero-order valence-electron chi connectivity index (χ0n) is 6.31. The van der Waals surface area contributed by atoms with E-state index in [1.165, 1.54) is 0 Å². The first-order valence-electron chi connectivity index (χ1n) is 3.37.